The van der Waals surface area contributed by atoms with Gasteiger partial charge in [0.15, 0.2) is 5.54 Å². The zero-order valence-electron chi connectivity index (χ0n) is 11.9. The van der Waals surface area contributed by atoms with Gasteiger partial charge in [0.25, 0.3) is 0 Å². The van der Waals surface area contributed by atoms with Crippen LogP contribution in [0.3, 0.4) is 0 Å². The molecule has 0 aromatic rings. The molecule has 0 radical (unpaired) electrons. The average molecular weight is 293 g/mol. The van der Waals surface area contributed by atoms with Crippen LogP contribution >= 0.6 is 23.5 Å². The Morgan fingerprint density at radius 3 is 2.22 bits per heavy atom. The van der Waals surface area contributed by atoms with E-state index in [1.165, 1.54) is 23.5 Å². The number of aliphatic imine (C=N–C) groups is 1. The van der Waals surface area contributed by atoms with E-state index >= 15 is 0 Å². The van der Waals surface area contributed by atoms with Gasteiger partial charge < -0.3 is 9.84 Å². The third-order valence-corrected chi connectivity index (χ3v) is 4.45. The maximum atomic E-state index is 12.1. The summed E-state index contributed by atoms with van der Waals surface area (Å²) in [5.74, 6) is -0.556. The Labute approximate surface area is 118 Å². The van der Waals surface area contributed by atoms with Crippen LogP contribution in [0, 0.1) is 5.92 Å². The lowest BCUT2D eigenvalue weighted by Crippen LogP contribution is -2.49. The molecule has 0 amide bonds. The van der Waals surface area contributed by atoms with Crippen LogP contribution < -0.4 is 0 Å². The van der Waals surface area contributed by atoms with Crippen molar-refractivity contribution in [2.24, 2.45) is 10.9 Å². The van der Waals surface area contributed by atoms with E-state index in [-0.39, 0.29) is 12.5 Å². The minimum Gasteiger partial charge on any atom is -0.464 e. The molecule has 106 valence electrons. The molecule has 0 aromatic carbocycles. The number of thioether (sulfide) groups is 2. The Balaban J connectivity index is 5.40. The second-order valence-electron chi connectivity index (χ2n) is 4.34. The van der Waals surface area contributed by atoms with Crippen molar-refractivity contribution < 1.29 is 14.6 Å². The van der Waals surface area contributed by atoms with Gasteiger partial charge in [0, 0.05) is 0 Å². The second kappa shape index (κ2) is 8.07. The third-order valence-electron chi connectivity index (χ3n) is 2.57. The number of esters is 1. The van der Waals surface area contributed by atoms with Gasteiger partial charge in [-0.05, 0) is 32.3 Å². The highest BCUT2D eigenvalue weighted by Gasteiger charge is 2.43. The van der Waals surface area contributed by atoms with E-state index in [1.54, 1.807) is 13.8 Å². The summed E-state index contributed by atoms with van der Waals surface area (Å²) in [5.41, 5.74) is -1.24. The maximum Gasteiger partial charge on any atom is 0.336 e. The van der Waals surface area contributed by atoms with Gasteiger partial charge in [0.2, 0.25) is 0 Å². The zero-order chi connectivity index (χ0) is 14.3. The second-order valence-corrected chi connectivity index (χ2v) is 6.19. The first-order valence-electron chi connectivity index (χ1n) is 5.86. The molecule has 0 aliphatic rings. The predicted molar refractivity (Wildman–Crippen MR) is 80.3 cm³/mol. The Kier molecular flexibility index (Phi) is 7.98. The number of hydrogen-bond donors (Lipinski definition) is 1. The zero-order valence-corrected chi connectivity index (χ0v) is 13.5. The molecule has 0 spiro atoms. The molecule has 4 nitrogen and oxygen atoms in total. The molecule has 0 saturated heterocycles. The highest BCUT2D eigenvalue weighted by molar-refractivity contribution is 8.38. The SMILES string of the molecule is CCOC(=O)[C@@](C)(N=C(SC)SC)[C@H](O)C(C)C. The topological polar surface area (TPSA) is 58.9 Å². The van der Waals surface area contributed by atoms with Gasteiger partial charge in [0.1, 0.15) is 4.38 Å². The molecule has 0 rings (SSSR count). The van der Waals surface area contributed by atoms with Crippen LogP contribution in [0.1, 0.15) is 27.7 Å². The molecule has 0 aliphatic heterocycles. The summed E-state index contributed by atoms with van der Waals surface area (Å²) < 4.78 is 5.80. The van der Waals surface area contributed by atoms with Crippen LogP contribution in [0.15, 0.2) is 4.99 Å². The normalized spacial score (nSPS) is 16.0. The molecule has 0 heterocycles. The summed E-state index contributed by atoms with van der Waals surface area (Å²) >= 11 is 2.91. The highest BCUT2D eigenvalue weighted by Crippen LogP contribution is 2.27. The van der Waals surface area contributed by atoms with Crippen LogP contribution in [-0.4, -0.2) is 46.2 Å². The van der Waals surface area contributed by atoms with Gasteiger partial charge >= 0.3 is 5.97 Å². The van der Waals surface area contributed by atoms with Crippen molar-refractivity contribution in [3.63, 3.8) is 0 Å². The molecule has 0 aromatic heterocycles. The van der Waals surface area contributed by atoms with Crippen LogP contribution in [0.25, 0.3) is 0 Å². The number of hydrogen-bond acceptors (Lipinski definition) is 6. The maximum absolute atomic E-state index is 12.1. The Morgan fingerprint density at radius 1 is 1.39 bits per heavy atom. The lowest BCUT2D eigenvalue weighted by molar-refractivity contribution is -0.154. The van der Waals surface area contributed by atoms with E-state index in [9.17, 15) is 9.90 Å². The Hall–Kier alpha value is -0.200. The minimum atomic E-state index is -1.24. The van der Waals surface area contributed by atoms with E-state index in [2.05, 4.69) is 4.99 Å². The Morgan fingerprint density at radius 2 is 1.89 bits per heavy atom. The van der Waals surface area contributed by atoms with Crippen molar-refractivity contribution in [1.82, 2.24) is 0 Å². The molecular formula is C12H23NO3S2. The van der Waals surface area contributed by atoms with Gasteiger partial charge in [-0.2, -0.15) is 0 Å². The van der Waals surface area contributed by atoms with E-state index < -0.39 is 17.6 Å². The number of carbonyl (C=O) groups excluding carboxylic acids is 1. The van der Waals surface area contributed by atoms with Gasteiger partial charge in [-0.1, -0.05) is 13.8 Å². The Bertz CT molecular complexity index is 302. The third kappa shape index (κ3) is 4.48. The van der Waals surface area contributed by atoms with Gasteiger partial charge in [-0.15, -0.1) is 23.5 Å². The lowest BCUT2D eigenvalue weighted by Gasteiger charge is -2.31. The van der Waals surface area contributed by atoms with Crippen LogP contribution in [-0.2, 0) is 9.53 Å². The summed E-state index contributed by atoms with van der Waals surface area (Å²) in [6, 6.07) is 0. The summed E-state index contributed by atoms with van der Waals surface area (Å²) in [7, 11) is 0. The van der Waals surface area contributed by atoms with E-state index in [4.69, 9.17) is 4.74 Å². The summed E-state index contributed by atoms with van der Waals surface area (Å²) in [5, 5.41) is 10.3. The number of rotatable bonds is 5. The molecule has 0 aliphatic carbocycles. The van der Waals surface area contributed by atoms with Crippen LogP contribution in [0.5, 0.6) is 0 Å². The largest absolute Gasteiger partial charge is 0.464 e. The van der Waals surface area contributed by atoms with Gasteiger partial charge in [-0.25, -0.2) is 4.79 Å². The van der Waals surface area contributed by atoms with Crippen molar-refractivity contribution in [2.45, 2.75) is 39.3 Å². The number of aliphatic hydroxyl groups is 1. The molecule has 0 saturated carbocycles. The fourth-order valence-corrected chi connectivity index (χ4v) is 2.75. The molecule has 0 unspecified atom stereocenters. The van der Waals surface area contributed by atoms with E-state index in [0.29, 0.717) is 0 Å². The summed E-state index contributed by atoms with van der Waals surface area (Å²) in [6.07, 6.45) is 2.91. The fourth-order valence-electron chi connectivity index (χ4n) is 1.52. The molecule has 2 atom stereocenters. The lowest BCUT2D eigenvalue weighted by atomic mass is 9.88. The molecule has 0 bridgehead atoms. The quantitative estimate of drug-likeness (QED) is 0.479. The standard InChI is InChI=1S/C12H23NO3S2/c1-7-16-10(15)12(4,9(14)8(2)3)13-11(17-5)18-6/h8-9,14H,7H2,1-6H3/t9-,12+/m1/s1. The summed E-state index contributed by atoms with van der Waals surface area (Å²) in [4.78, 5) is 16.5. The van der Waals surface area contributed by atoms with Gasteiger partial charge in [0.05, 0.1) is 12.7 Å². The fraction of sp³-hybridized carbons (Fsp3) is 0.833. The van der Waals surface area contributed by atoms with E-state index in [1.807, 2.05) is 26.4 Å². The van der Waals surface area contributed by atoms with Crippen molar-refractivity contribution in [3.05, 3.63) is 0 Å². The predicted octanol–water partition coefficient (Wildman–Crippen LogP) is 2.41. The van der Waals surface area contributed by atoms with Gasteiger partial charge in [-0.3, -0.25) is 4.99 Å². The first kappa shape index (κ1) is 17.8. The molecule has 0 fully saturated rings. The van der Waals surface area contributed by atoms with Crippen molar-refractivity contribution in [3.8, 4) is 0 Å². The number of carbonyl (C=O) groups is 1. The average Bonchev–Trinajstić information content (AvgIpc) is 2.34. The molecule has 6 heteroatoms. The molecule has 18 heavy (non-hydrogen) atoms. The monoisotopic (exact) mass is 293 g/mol. The van der Waals surface area contributed by atoms with Crippen molar-refractivity contribution in [1.29, 1.82) is 0 Å². The van der Waals surface area contributed by atoms with E-state index in [0.717, 1.165) is 4.38 Å². The number of aliphatic hydroxyl groups excluding tert-OH is 1. The molecule has 1 N–H and O–H groups in total. The molecular weight excluding hydrogens is 270 g/mol. The summed E-state index contributed by atoms with van der Waals surface area (Å²) in [6.45, 7) is 7.36. The number of ether oxygens (including phenoxy) is 1. The van der Waals surface area contributed by atoms with Crippen molar-refractivity contribution >= 4 is 33.9 Å². The smallest absolute Gasteiger partial charge is 0.336 e. The van der Waals surface area contributed by atoms with Crippen LogP contribution in [0.2, 0.25) is 0 Å². The highest BCUT2D eigenvalue weighted by atomic mass is 32.2. The first-order chi connectivity index (χ1) is 8.33. The van der Waals surface area contributed by atoms with Crippen molar-refractivity contribution in [2.75, 3.05) is 19.1 Å². The van der Waals surface area contributed by atoms with Crippen LogP contribution in [0.4, 0.5) is 0 Å². The minimum absolute atomic E-state index is 0.0758. The first-order valence-corrected chi connectivity index (χ1v) is 8.31. The number of nitrogens with zero attached hydrogens (tertiary/aromatic N) is 1.